The van der Waals surface area contributed by atoms with E-state index in [1.807, 2.05) is 45.0 Å². The van der Waals surface area contributed by atoms with Crippen molar-refractivity contribution in [2.45, 2.75) is 187 Å². The molecule has 5 aromatic rings. The van der Waals surface area contributed by atoms with E-state index in [0.717, 1.165) is 80.1 Å². The number of allylic oxidation sites excluding steroid dienone is 4. The largest absolute Gasteiger partial charge is 0.458 e. The Hall–Kier alpha value is -9.06. The standard InChI is InChI=1S/C78H98N10O13/c1-11-77(98)62-39-65-69-51(42-88(65)72(94)60(62)44-99-73(77)95)38-57-59(43-85(7)8)66(31-30-63(57)83-69)100-75(97)87(10)41-48-18-23-52(24-19-48)82-70(92)64(17-16-35-81-74(79)96)84-71(93)68(45(2)3)80-34-14-12-13-15-36-86(9)53-25-20-49(21-26-53)58-40-76(6)61(32-33-78(76,46(4)89)101-47(5)90)56-28-22-50-37-54(91)27-29-55(50)67(56)58/h18-21,23-26,30-31,37-39,45,56,58,61,64,68,80,98H,11-17,22,27-29,32-36,40-44H2,1-10H3,(H,82,92)(H,84,93)(H3,79,81,96)/t56-,58+,61-,64-,68-,76-,77-,78-/m0/s1. The lowest BCUT2D eigenvalue weighted by atomic mass is 9.50. The van der Waals surface area contributed by atoms with Crippen molar-refractivity contribution in [2.24, 2.45) is 28.9 Å². The van der Waals surface area contributed by atoms with E-state index in [0.29, 0.717) is 72.7 Å². The molecule has 23 nitrogen and oxygen atoms in total. The number of nitrogens with one attached hydrogen (secondary N) is 4. The quantitative estimate of drug-likeness (QED) is 0.0206. The molecule has 5 amide bonds. The molecule has 2 saturated carbocycles. The normalized spacial score (nSPS) is 22.3. The Morgan fingerprint density at radius 2 is 1.60 bits per heavy atom. The summed E-state index contributed by atoms with van der Waals surface area (Å²) in [5.74, 6) is -1.23. The summed E-state index contributed by atoms with van der Waals surface area (Å²) in [4.78, 5) is 130. The minimum Gasteiger partial charge on any atom is -0.458 e. The Kier molecular flexibility index (Phi) is 21.9. The number of carbonyl (C=O) groups excluding carboxylic acids is 8. The molecule has 0 bridgehead atoms. The molecular formula is C78H98N10O13. The van der Waals surface area contributed by atoms with Gasteiger partial charge in [-0.15, -0.1) is 0 Å². The van der Waals surface area contributed by atoms with Crippen LogP contribution in [0.2, 0.25) is 0 Å². The number of hydrogen-bond donors (Lipinski definition) is 6. The molecule has 2 fully saturated rings. The number of ether oxygens (including phenoxy) is 3. The lowest BCUT2D eigenvalue weighted by Crippen LogP contribution is -2.57. The molecule has 4 heterocycles. The average molecular weight is 1380 g/mol. The van der Waals surface area contributed by atoms with E-state index in [-0.39, 0.29) is 96.9 Å². The van der Waals surface area contributed by atoms with E-state index in [4.69, 9.17) is 24.9 Å². The second kappa shape index (κ2) is 30.3. The van der Waals surface area contributed by atoms with Gasteiger partial charge >= 0.3 is 24.1 Å². The number of esters is 2. The van der Waals surface area contributed by atoms with Gasteiger partial charge in [0.05, 0.1) is 35.1 Å². The van der Waals surface area contributed by atoms with Crippen molar-refractivity contribution >= 4 is 69.7 Å². The maximum Gasteiger partial charge on any atom is 0.415 e. The molecule has 0 spiro atoms. The molecular weight excluding hydrogens is 1280 g/mol. The molecule has 101 heavy (non-hydrogen) atoms. The van der Waals surface area contributed by atoms with Crippen LogP contribution >= 0.6 is 0 Å². The second-order valence-corrected chi connectivity index (χ2v) is 29.5. The van der Waals surface area contributed by atoms with Crippen LogP contribution in [0, 0.1) is 23.2 Å². The van der Waals surface area contributed by atoms with Gasteiger partial charge in [0.25, 0.3) is 5.56 Å². The number of pyridine rings is 2. The minimum absolute atomic E-state index is 0.0114. The highest BCUT2D eigenvalue weighted by molar-refractivity contribution is 5.98. The second-order valence-electron chi connectivity index (χ2n) is 29.5. The molecule has 538 valence electrons. The summed E-state index contributed by atoms with van der Waals surface area (Å²) >= 11 is 0. The van der Waals surface area contributed by atoms with Gasteiger partial charge in [-0.1, -0.05) is 70.4 Å². The number of fused-ring (bicyclic) bond motifs is 9. The Morgan fingerprint density at radius 3 is 2.30 bits per heavy atom. The van der Waals surface area contributed by atoms with Gasteiger partial charge in [0.1, 0.15) is 18.4 Å². The average Bonchev–Trinajstić information content (AvgIpc) is 1.60. The van der Waals surface area contributed by atoms with Crippen LogP contribution in [-0.4, -0.2) is 137 Å². The Balaban J connectivity index is 0.665. The predicted molar refractivity (Wildman–Crippen MR) is 383 cm³/mol. The maximum atomic E-state index is 14.1. The number of nitrogens with two attached hydrogens (primary N) is 1. The van der Waals surface area contributed by atoms with Gasteiger partial charge in [-0.2, -0.15) is 0 Å². The number of primary amides is 1. The number of aromatic nitrogens is 2. The van der Waals surface area contributed by atoms with Crippen molar-refractivity contribution in [3.05, 3.63) is 139 Å². The molecule has 0 radical (unpaired) electrons. The van der Waals surface area contributed by atoms with Crippen LogP contribution in [0.1, 0.15) is 171 Å². The molecule has 3 aromatic carbocycles. The number of urea groups is 1. The van der Waals surface area contributed by atoms with Crippen molar-refractivity contribution in [1.29, 1.82) is 0 Å². The number of Topliss-reactive ketones (excluding diaryl/α,β-unsaturated/α-hetero) is 1. The molecule has 0 saturated heterocycles. The molecule has 0 unspecified atom stereocenters. The highest BCUT2D eigenvalue weighted by Gasteiger charge is 2.67. The first kappa shape index (κ1) is 73.2. The summed E-state index contributed by atoms with van der Waals surface area (Å²) < 4.78 is 19.1. The number of anilines is 2. The van der Waals surface area contributed by atoms with Crippen LogP contribution < -0.4 is 42.2 Å². The summed E-state index contributed by atoms with van der Waals surface area (Å²) in [6.07, 6.45) is 10.5. The molecule has 23 heteroatoms. The van der Waals surface area contributed by atoms with Gasteiger partial charge in [-0.25, -0.2) is 19.4 Å². The highest BCUT2D eigenvalue weighted by Crippen LogP contribution is 2.68. The van der Waals surface area contributed by atoms with Gasteiger partial charge in [0, 0.05) is 98.4 Å². The van der Waals surface area contributed by atoms with Crippen LogP contribution in [0.25, 0.3) is 22.3 Å². The van der Waals surface area contributed by atoms with Crippen molar-refractivity contribution in [3.63, 3.8) is 0 Å². The first-order valence-corrected chi connectivity index (χ1v) is 35.8. The topological polar surface area (TPSA) is 303 Å². The van der Waals surface area contributed by atoms with Crippen LogP contribution in [-0.2, 0) is 70.1 Å². The zero-order chi connectivity index (χ0) is 72.4. The molecule has 6 aliphatic rings. The van der Waals surface area contributed by atoms with E-state index in [1.54, 1.807) is 67.9 Å². The number of rotatable bonds is 27. The van der Waals surface area contributed by atoms with E-state index in [9.17, 15) is 48.3 Å². The van der Waals surface area contributed by atoms with Crippen LogP contribution in [0.3, 0.4) is 0 Å². The van der Waals surface area contributed by atoms with E-state index in [1.165, 1.54) is 34.1 Å². The van der Waals surface area contributed by atoms with E-state index < -0.39 is 58.7 Å². The molecule has 7 N–H and O–H groups in total. The SMILES string of the molecule is CC[C@@]1(O)C(=O)OCc2c1cc1n(c2=O)Cc2cc3c(CN(C)C)c(OC(=O)N(C)Cc4ccc(NC(=O)[C@H](CCCNC(N)=O)NC(=O)[C@@H](NCCCCCCN(C)c5ccc([C@H]6C[C@@]7(C)[C@@H](CC[C@]7(OC(C)=O)C(C)=O)[C@@H]7CCC8=CC(=O)CCC8=C76)cc5)C(C)C)cc4)ccc3nc2-1. The summed E-state index contributed by atoms with van der Waals surface area (Å²) in [5, 5.41) is 24.0. The summed E-state index contributed by atoms with van der Waals surface area (Å²) in [6, 6.07) is 20.6. The van der Waals surface area contributed by atoms with Crippen molar-refractivity contribution in [3.8, 4) is 17.1 Å². The smallest absolute Gasteiger partial charge is 0.415 e. The zero-order valence-electron chi connectivity index (χ0n) is 60.0. The van der Waals surface area contributed by atoms with Crippen LogP contribution in [0.4, 0.5) is 21.0 Å². The first-order chi connectivity index (χ1) is 48.1. The Labute approximate surface area is 590 Å². The fourth-order valence-corrected chi connectivity index (χ4v) is 17.0. The number of benzene rings is 3. The Bertz CT molecular complexity index is 4200. The number of cyclic esters (lactones) is 1. The van der Waals surface area contributed by atoms with Gasteiger partial charge < -0.3 is 65.6 Å². The zero-order valence-corrected chi connectivity index (χ0v) is 60.0. The third-order valence-electron chi connectivity index (χ3n) is 22.2. The monoisotopic (exact) mass is 1380 g/mol. The first-order valence-electron chi connectivity index (χ1n) is 35.8. The third-order valence-corrected chi connectivity index (χ3v) is 22.2. The predicted octanol–water partition coefficient (Wildman–Crippen LogP) is 9.75. The lowest BCUT2D eigenvalue weighted by Gasteiger charge is -2.55. The van der Waals surface area contributed by atoms with Crippen molar-refractivity contribution in [1.82, 2.24) is 35.3 Å². The van der Waals surface area contributed by atoms with E-state index >= 15 is 0 Å². The molecule has 2 aliphatic heterocycles. The van der Waals surface area contributed by atoms with Gasteiger partial charge in [-0.05, 0) is 193 Å². The number of hydrogen-bond acceptors (Lipinski definition) is 17. The summed E-state index contributed by atoms with van der Waals surface area (Å²) in [6.45, 7) is 12.9. The number of unbranched alkanes of at least 4 members (excludes halogenated alkanes) is 3. The minimum atomic E-state index is -1.95. The van der Waals surface area contributed by atoms with Crippen LogP contribution in [0.5, 0.6) is 5.75 Å². The third kappa shape index (κ3) is 14.9. The number of carbonyl (C=O) groups is 8. The highest BCUT2D eigenvalue weighted by atomic mass is 16.6. The molecule has 11 rings (SSSR count). The number of aliphatic hydroxyl groups is 1. The fourth-order valence-electron chi connectivity index (χ4n) is 17.0. The van der Waals surface area contributed by atoms with Crippen molar-refractivity contribution in [2.75, 3.05) is 58.0 Å². The number of amides is 5. The number of ketones is 2. The number of nitrogens with zero attached hydrogens (tertiary/aromatic N) is 5. The molecule has 2 aromatic heterocycles. The molecule has 4 aliphatic carbocycles. The van der Waals surface area contributed by atoms with Gasteiger partial charge in [-0.3, -0.25) is 28.8 Å². The Morgan fingerprint density at radius 1 is 0.861 bits per heavy atom. The van der Waals surface area contributed by atoms with Crippen molar-refractivity contribution < 1.29 is 57.7 Å². The van der Waals surface area contributed by atoms with Crippen LogP contribution in [0.15, 0.2) is 100 Å². The fraction of sp³-hybridized carbons (Fsp3) is 0.513. The maximum absolute atomic E-state index is 14.1. The summed E-state index contributed by atoms with van der Waals surface area (Å²) in [5.41, 5.74) is 12.2. The lowest BCUT2D eigenvalue weighted by molar-refractivity contribution is -0.182. The van der Waals surface area contributed by atoms with Gasteiger partial charge in [0.2, 0.25) is 11.8 Å². The molecule has 8 atom stereocenters. The van der Waals surface area contributed by atoms with Gasteiger partial charge in [0.15, 0.2) is 22.8 Å². The summed E-state index contributed by atoms with van der Waals surface area (Å²) in [7, 11) is 7.52. The van der Waals surface area contributed by atoms with E-state index in [2.05, 4.69) is 64.4 Å².